The molecule has 188 valence electrons. The van der Waals surface area contributed by atoms with E-state index in [1.165, 1.54) is 34.3 Å². The molecule has 5 heteroatoms. The van der Waals surface area contributed by atoms with Crippen LogP contribution in [0.4, 0.5) is 0 Å². The van der Waals surface area contributed by atoms with Gasteiger partial charge in [-0.05, 0) is 61.1 Å². The van der Waals surface area contributed by atoms with Crippen LogP contribution >= 0.6 is 0 Å². The van der Waals surface area contributed by atoms with Crippen LogP contribution in [0.15, 0.2) is 116 Å². The van der Waals surface area contributed by atoms with Gasteiger partial charge in [-0.25, -0.2) is 0 Å². The van der Waals surface area contributed by atoms with Crippen LogP contribution in [0.2, 0.25) is 0 Å². The second-order valence-corrected chi connectivity index (χ2v) is 10.5. The van der Waals surface area contributed by atoms with Gasteiger partial charge in [0.25, 0.3) is 0 Å². The average molecular weight is 506 g/mol. The molecule has 0 saturated heterocycles. The summed E-state index contributed by atoms with van der Waals surface area (Å²) in [6, 6.07) is 23.1. The Morgan fingerprint density at radius 2 is 1.56 bits per heavy atom. The third-order valence-corrected chi connectivity index (χ3v) is 8.16. The molecule has 0 amide bonds. The van der Waals surface area contributed by atoms with E-state index in [-0.39, 0.29) is 0 Å². The highest BCUT2D eigenvalue weighted by atomic mass is 15.3. The summed E-state index contributed by atoms with van der Waals surface area (Å²) in [5.74, 6) is 2.95. The smallest absolute Gasteiger partial charge is 0.168 e. The van der Waals surface area contributed by atoms with Crippen molar-refractivity contribution < 1.29 is 0 Å². The van der Waals surface area contributed by atoms with Gasteiger partial charge >= 0.3 is 0 Å². The van der Waals surface area contributed by atoms with Gasteiger partial charge in [0, 0.05) is 46.2 Å². The van der Waals surface area contributed by atoms with Crippen molar-refractivity contribution in [2.45, 2.75) is 25.2 Å². The Kier molecular flexibility index (Phi) is 5.08. The highest BCUT2D eigenvalue weighted by molar-refractivity contribution is 5.91. The van der Waals surface area contributed by atoms with Gasteiger partial charge in [0.15, 0.2) is 11.6 Å². The molecule has 1 fully saturated rings. The first-order valence-electron chi connectivity index (χ1n) is 13.6. The van der Waals surface area contributed by atoms with Crippen molar-refractivity contribution in [3.63, 3.8) is 0 Å². The van der Waals surface area contributed by atoms with E-state index in [1.807, 2.05) is 42.7 Å². The van der Waals surface area contributed by atoms with E-state index in [4.69, 9.17) is 5.10 Å². The van der Waals surface area contributed by atoms with Crippen molar-refractivity contribution in [3.8, 4) is 17.1 Å². The largest absolute Gasteiger partial charge is 0.313 e. The molecule has 3 aliphatic carbocycles. The molecule has 3 heterocycles. The van der Waals surface area contributed by atoms with Crippen LogP contribution in [-0.2, 0) is 6.42 Å². The molecule has 39 heavy (non-hydrogen) atoms. The lowest BCUT2D eigenvalue weighted by Gasteiger charge is -2.12. The Morgan fingerprint density at radius 1 is 0.744 bits per heavy atom. The van der Waals surface area contributed by atoms with Gasteiger partial charge in [-0.2, -0.15) is 0 Å². The minimum Gasteiger partial charge on any atom is -0.313 e. The van der Waals surface area contributed by atoms with Gasteiger partial charge in [-0.3, -0.25) is 9.55 Å². The first kappa shape index (κ1) is 22.2. The van der Waals surface area contributed by atoms with Crippen LogP contribution in [-0.4, -0.2) is 24.3 Å². The fourth-order valence-electron chi connectivity index (χ4n) is 6.25. The lowest BCUT2D eigenvalue weighted by Crippen LogP contribution is -2.03. The lowest BCUT2D eigenvalue weighted by molar-refractivity contribution is 0.916. The van der Waals surface area contributed by atoms with Gasteiger partial charge in [0.05, 0.1) is 11.2 Å². The average Bonchev–Trinajstić information content (AvgIpc) is 3.63. The second-order valence-electron chi connectivity index (χ2n) is 10.5. The number of benzene rings is 2. The molecule has 0 N–H and O–H groups in total. The number of rotatable bonds is 4. The van der Waals surface area contributed by atoms with E-state index in [0.717, 1.165) is 41.3 Å². The third-order valence-electron chi connectivity index (χ3n) is 8.16. The molecule has 1 saturated carbocycles. The summed E-state index contributed by atoms with van der Waals surface area (Å²) in [6.45, 7) is 0. The van der Waals surface area contributed by atoms with Gasteiger partial charge in [-0.15, -0.1) is 10.2 Å². The van der Waals surface area contributed by atoms with Crippen LogP contribution in [0, 0.1) is 5.92 Å². The molecule has 0 aliphatic heterocycles. The van der Waals surface area contributed by atoms with Crippen molar-refractivity contribution in [1.82, 2.24) is 24.3 Å². The highest BCUT2D eigenvalue weighted by Crippen LogP contribution is 2.53. The fourth-order valence-corrected chi connectivity index (χ4v) is 6.25. The van der Waals surface area contributed by atoms with Crippen LogP contribution in [0.1, 0.15) is 35.8 Å². The number of nitrogens with zero attached hydrogens (tertiary/aromatic N) is 5. The normalized spacial score (nSPS) is 19.6. The predicted octanol–water partition coefficient (Wildman–Crippen LogP) is 7.38. The first-order valence-corrected chi connectivity index (χ1v) is 13.6. The minimum atomic E-state index is 0.607. The molecule has 2 unspecified atom stereocenters. The Hall–Kier alpha value is -4.77. The monoisotopic (exact) mass is 505 g/mol. The molecule has 8 rings (SSSR count). The van der Waals surface area contributed by atoms with E-state index < -0.39 is 0 Å². The summed E-state index contributed by atoms with van der Waals surface area (Å²) in [5, 5.41) is 10.7. The van der Waals surface area contributed by atoms with Crippen molar-refractivity contribution in [3.05, 3.63) is 133 Å². The number of pyridine rings is 1. The van der Waals surface area contributed by atoms with Crippen molar-refractivity contribution >= 4 is 22.2 Å². The molecule has 2 atom stereocenters. The molecule has 0 radical (unpaired) electrons. The molecule has 0 bridgehead atoms. The Balaban J connectivity index is 1.28. The number of para-hydroxylation sites is 1. The van der Waals surface area contributed by atoms with Gasteiger partial charge < -0.3 is 4.57 Å². The molecule has 5 nitrogen and oxygen atoms in total. The summed E-state index contributed by atoms with van der Waals surface area (Å²) < 4.78 is 4.66. The third kappa shape index (κ3) is 3.65. The van der Waals surface area contributed by atoms with Crippen molar-refractivity contribution in [2.75, 3.05) is 0 Å². The standard InChI is InChI=1S/C34H27N5/c1-2-8-23(9-3-1)33-36-37-34(39(33)27-18-20-35-21-19-27)24-10-6-12-26(17-16-24)38-31-15-5-4-13-28(31)29-14-7-11-25-22-30(25)32(29)38/h1-9,11-13,15-21,25,30H,10,14,22H2. The molecule has 2 aromatic carbocycles. The SMILES string of the molecule is C1=CC(n2c3c(c4ccccc42)CC=CC2CC32)=CC=C(c2nnc(-c3ccccc3)n2-c2ccncc2)C1. The maximum Gasteiger partial charge on any atom is 0.168 e. The fraction of sp³-hybridized carbons (Fsp3) is 0.147. The highest BCUT2D eigenvalue weighted by Gasteiger charge is 2.42. The summed E-state index contributed by atoms with van der Waals surface area (Å²) in [6.07, 6.45) is 20.5. The number of hydrogen-bond acceptors (Lipinski definition) is 3. The molecule has 3 aromatic heterocycles. The topological polar surface area (TPSA) is 48.5 Å². The van der Waals surface area contributed by atoms with Crippen LogP contribution in [0.3, 0.4) is 0 Å². The molecule has 0 spiro atoms. The maximum atomic E-state index is 4.72. The molecule has 5 aromatic rings. The molecular formula is C34H27N5. The number of fused-ring (bicyclic) bond motifs is 5. The van der Waals surface area contributed by atoms with E-state index in [2.05, 4.69) is 92.1 Å². The van der Waals surface area contributed by atoms with E-state index in [1.54, 1.807) is 0 Å². The summed E-state index contributed by atoms with van der Waals surface area (Å²) in [5.41, 5.74) is 8.63. The van der Waals surface area contributed by atoms with E-state index >= 15 is 0 Å². The van der Waals surface area contributed by atoms with Gasteiger partial charge in [0.1, 0.15) is 0 Å². The zero-order valence-corrected chi connectivity index (χ0v) is 21.5. The zero-order chi connectivity index (χ0) is 25.8. The predicted molar refractivity (Wildman–Crippen MR) is 156 cm³/mol. The summed E-state index contributed by atoms with van der Waals surface area (Å²) in [7, 11) is 0. The maximum absolute atomic E-state index is 4.72. The van der Waals surface area contributed by atoms with Crippen LogP contribution in [0.5, 0.6) is 0 Å². The van der Waals surface area contributed by atoms with Gasteiger partial charge in [-0.1, -0.05) is 72.8 Å². The molecule has 3 aliphatic rings. The van der Waals surface area contributed by atoms with Crippen LogP contribution in [0.25, 0.3) is 39.2 Å². The first-order chi connectivity index (χ1) is 19.4. The second kappa shape index (κ2) is 8.91. The number of hydrogen-bond donors (Lipinski definition) is 0. The Bertz CT molecular complexity index is 1830. The minimum absolute atomic E-state index is 0.607. The Morgan fingerprint density at radius 3 is 2.46 bits per heavy atom. The van der Waals surface area contributed by atoms with Gasteiger partial charge in [0.2, 0.25) is 0 Å². The zero-order valence-electron chi connectivity index (χ0n) is 21.5. The van der Waals surface area contributed by atoms with Crippen LogP contribution < -0.4 is 0 Å². The lowest BCUT2D eigenvalue weighted by atomic mass is 10.1. The summed E-state index contributed by atoms with van der Waals surface area (Å²) in [4.78, 5) is 4.23. The van der Waals surface area contributed by atoms with Crippen molar-refractivity contribution in [1.29, 1.82) is 0 Å². The van der Waals surface area contributed by atoms with Crippen molar-refractivity contribution in [2.24, 2.45) is 5.92 Å². The van der Waals surface area contributed by atoms with E-state index in [9.17, 15) is 0 Å². The number of allylic oxidation sites excluding steroid dienone is 8. The quantitative estimate of drug-likeness (QED) is 0.239. The summed E-state index contributed by atoms with van der Waals surface area (Å²) >= 11 is 0. The Labute approximate surface area is 227 Å². The molecular weight excluding hydrogens is 478 g/mol. The van der Waals surface area contributed by atoms with E-state index in [0.29, 0.717) is 11.8 Å². The number of aromatic nitrogens is 5.